The third-order valence-corrected chi connectivity index (χ3v) is 11.6. The van der Waals surface area contributed by atoms with E-state index in [-0.39, 0.29) is 13.7 Å². The molecule has 6 heterocycles. The van der Waals surface area contributed by atoms with Gasteiger partial charge in [0, 0.05) is 43.6 Å². The molecule has 6 nitrogen and oxygen atoms in total. The maximum Gasteiger partial charge on any atom is 0.350 e. The molecule has 13 rings (SSSR count). The zero-order chi connectivity index (χ0) is 35.1. The van der Waals surface area contributed by atoms with Crippen LogP contribution in [0, 0.1) is 0 Å². The van der Waals surface area contributed by atoms with Crippen molar-refractivity contribution in [1.82, 2.24) is 9.40 Å². The summed E-state index contributed by atoms with van der Waals surface area (Å²) >= 11 is 0. The van der Waals surface area contributed by atoms with E-state index < -0.39 is 0 Å². The molecule has 0 unspecified atom stereocenters. The number of para-hydroxylation sites is 7. The molecule has 0 radical (unpaired) electrons. The zero-order valence-corrected chi connectivity index (χ0v) is 28.8. The highest BCUT2D eigenvalue weighted by atomic mass is 16.3. The predicted molar refractivity (Wildman–Crippen MR) is 221 cm³/mol. The Hall–Kier alpha value is -6.89. The van der Waals surface area contributed by atoms with Gasteiger partial charge in [0.2, 0.25) is 0 Å². The minimum Gasteiger partial charge on any atom is -0.467 e. The van der Waals surface area contributed by atoms with Gasteiger partial charge in [-0.3, -0.25) is 9.84 Å². The molecule has 0 atom stereocenters. The van der Waals surface area contributed by atoms with E-state index in [0.717, 1.165) is 94.0 Å². The van der Waals surface area contributed by atoms with Crippen LogP contribution in [0.25, 0.3) is 71.4 Å². The van der Waals surface area contributed by atoms with Crippen molar-refractivity contribution in [2.75, 3.05) is 5.01 Å². The molecular weight excluding hydrogens is 664 g/mol. The molecule has 0 bridgehead atoms. The first-order valence-electron chi connectivity index (χ1n) is 18.4. The summed E-state index contributed by atoms with van der Waals surface area (Å²) in [7, 11) is 0. The van der Waals surface area contributed by atoms with Crippen LogP contribution >= 0.6 is 0 Å². The Morgan fingerprint density at radius 2 is 0.907 bits per heavy atom. The number of hydrogen-bond acceptors (Lipinski definition) is 5. The largest absolute Gasteiger partial charge is 0.467 e. The van der Waals surface area contributed by atoms with Gasteiger partial charge in [-0.05, 0) is 53.4 Å². The van der Waals surface area contributed by atoms with Crippen LogP contribution in [0.2, 0.25) is 0 Å². The third kappa shape index (κ3) is 3.56. The number of fused-ring (bicyclic) bond motifs is 15. The minimum absolute atomic E-state index is 0.289. The Morgan fingerprint density at radius 1 is 0.389 bits per heavy atom. The predicted octanol–water partition coefficient (Wildman–Crippen LogP) is 8.77. The minimum atomic E-state index is -0.336. The number of benzene rings is 7. The Bertz CT molecular complexity index is 3340. The Labute approximate surface area is 309 Å². The Balaban J connectivity index is 1.20. The summed E-state index contributed by atoms with van der Waals surface area (Å²) in [6.45, 7) is -0.625. The molecular formula is C46H27B2N3O3. The topological polar surface area (TPSA) is 50.8 Å². The second-order valence-electron chi connectivity index (χ2n) is 14.4. The van der Waals surface area contributed by atoms with Crippen molar-refractivity contribution in [3.8, 4) is 5.69 Å². The average molecular weight is 691 g/mol. The van der Waals surface area contributed by atoms with Crippen molar-refractivity contribution in [3.63, 3.8) is 0 Å². The normalized spacial score (nSPS) is 14.1. The molecule has 4 aromatic heterocycles. The van der Waals surface area contributed by atoms with E-state index in [9.17, 15) is 0 Å². The van der Waals surface area contributed by atoms with Crippen molar-refractivity contribution in [1.29, 1.82) is 0 Å². The highest BCUT2D eigenvalue weighted by Gasteiger charge is 2.59. The molecule has 0 aliphatic carbocycles. The van der Waals surface area contributed by atoms with Gasteiger partial charge >= 0.3 is 13.7 Å². The first-order valence-corrected chi connectivity index (χ1v) is 18.4. The van der Waals surface area contributed by atoms with Gasteiger partial charge in [0.1, 0.15) is 33.6 Å². The van der Waals surface area contributed by atoms with Crippen LogP contribution in [0.15, 0.2) is 177 Å². The number of hydrogen-bond donors (Lipinski definition) is 0. The van der Waals surface area contributed by atoms with Crippen LogP contribution in [0.4, 0.5) is 11.4 Å². The fourth-order valence-electron chi connectivity index (χ4n) is 9.54. The van der Waals surface area contributed by atoms with E-state index in [1.807, 2.05) is 12.1 Å². The quantitative estimate of drug-likeness (QED) is 0.174. The molecule has 0 spiro atoms. The monoisotopic (exact) mass is 691 g/mol. The fraction of sp³-hybridized carbons (Fsp3) is 0. The molecule has 8 heteroatoms. The van der Waals surface area contributed by atoms with Crippen molar-refractivity contribution < 1.29 is 13.3 Å². The van der Waals surface area contributed by atoms with Gasteiger partial charge in [-0.1, -0.05) is 121 Å². The van der Waals surface area contributed by atoms with Gasteiger partial charge in [-0.15, -0.1) is 0 Å². The van der Waals surface area contributed by atoms with E-state index in [1.165, 1.54) is 11.0 Å². The summed E-state index contributed by atoms with van der Waals surface area (Å²) in [5, 5.41) is 9.09. The summed E-state index contributed by atoms with van der Waals surface area (Å²) in [5.74, 6) is 0. The van der Waals surface area contributed by atoms with Crippen molar-refractivity contribution in [2.45, 2.75) is 0 Å². The first kappa shape index (κ1) is 28.7. The number of hydrazine groups is 1. The lowest BCUT2D eigenvalue weighted by Crippen LogP contribution is -2.65. The summed E-state index contributed by atoms with van der Waals surface area (Å²) in [5.41, 5.74) is 13.0. The van der Waals surface area contributed by atoms with Crippen LogP contribution in [-0.2, 0) is 0 Å². The molecule has 54 heavy (non-hydrogen) atoms. The second-order valence-corrected chi connectivity index (χ2v) is 14.4. The molecule has 0 saturated heterocycles. The van der Waals surface area contributed by atoms with E-state index in [1.54, 1.807) is 0 Å². The Kier molecular flexibility index (Phi) is 5.51. The van der Waals surface area contributed by atoms with Gasteiger partial charge in [0.05, 0.1) is 16.9 Å². The summed E-state index contributed by atoms with van der Waals surface area (Å²) in [6, 6.07) is 57.7. The van der Waals surface area contributed by atoms with Crippen LogP contribution in [0.5, 0.6) is 0 Å². The van der Waals surface area contributed by atoms with Crippen molar-refractivity contribution in [3.05, 3.63) is 164 Å². The number of aromatic nitrogens is 1. The number of nitrogens with zero attached hydrogens (tertiary/aromatic N) is 3. The lowest BCUT2D eigenvalue weighted by atomic mass is 9.41. The molecule has 2 aliphatic rings. The lowest BCUT2D eigenvalue weighted by molar-refractivity contribution is 0.648. The lowest BCUT2D eigenvalue weighted by Gasteiger charge is -2.31. The molecule has 0 amide bonds. The van der Waals surface area contributed by atoms with E-state index >= 15 is 0 Å². The second kappa shape index (κ2) is 10.4. The van der Waals surface area contributed by atoms with Gasteiger partial charge in [0.15, 0.2) is 0 Å². The van der Waals surface area contributed by atoms with E-state index in [0.29, 0.717) is 0 Å². The number of furan rings is 3. The van der Waals surface area contributed by atoms with E-state index in [2.05, 4.69) is 166 Å². The third-order valence-electron chi connectivity index (χ3n) is 11.6. The van der Waals surface area contributed by atoms with Gasteiger partial charge in [-0.2, -0.15) is 0 Å². The molecule has 7 aromatic carbocycles. The molecule has 2 aliphatic heterocycles. The SMILES string of the molecule is c1ccc(-n2c3c(c4ccccc42)N2c4c(oc5ccccc45)B(c4cccc5c4oc4ccccc45)N2B3c2cccc3c2oc2ccccc23)cc1. The van der Waals surface area contributed by atoms with Gasteiger partial charge in [-0.25, -0.2) is 0 Å². The van der Waals surface area contributed by atoms with Crippen LogP contribution in [0.1, 0.15) is 0 Å². The fourth-order valence-corrected chi connectivity index (χ4v) is 9.54. The maximum atomic E-state index is 7.02. The zero-order valence-electron chi connectivity index (χ0n) is 28.8. The number of anilines is 2. The standard InChI is InChI=1S/C46H27B2N3O3/c1-2-14-28(15-3-1)49-37-24-8-4-18-33(37)41-45(49)47(35-22-12-20-31-29-16-5-9-25-38(29)52-43(31)35)51-48(46-42(50(41)51)34-19-7-11-27-40(34)54-46)36-23-13-21-32-30-17-6-10-26-39(30)53-44(32)36/h1-27H. The maximum absolute atomic E-state index is 7.02. The van der Waals surface area contributed by atoms with Crippen LogP contribution in [-0.4, -0.2) is 23.1 Å². The molecule has 0 N–H and O–H groups in total. The first-order chi connectivity index (χ1) is 26.8. The smallest absolute Gasteiger partial charge is 0.350 e. The number of rotatable bonds is 3. The molecule has 11 aromatic rings. The summed E-state index contributed by atoms with van der Waals surface area (Å²) in [4.78, 5) is 2.53. The van der Waals surface area contributed by atoms with Crippen LogP contribution < -0.4 is 27.2 Å². The molecule has 0 saturated carbocycles. The molecule has 250 valence electrons. The van der Waals surface area contributed by atoms with Gasteiger partial charge < -0.3 is 17.8 Å². The Morgan fingerprint density at radius 3 is 1.57 bits per heavy atom. The highest BCUT2D eigenvalue weighted by molar-refractivity contribution is 7.01. The average Bonchev–Trinajstić information content (AvgIpc) is 4.06. The highest BCUT2D eigenvalue weighted by Crippen LogP contribution is 2.47. The van der Waals surface area contributed by atoms with Crippen molar-refractivity contribution >= 4 is 113 Å². The van der Waals surface area contributed by atoms with Crippen molar-refractivity contribution in [2.24, 2.45) is 0 Å². The summed E-state index contributed by atoms with van der Waals surface area (Å²) in [6.07, 6.45) is 0. The molecule has 0 fully saturated rings. The van der Waals surface area contributed by atoms with Crippen LogP contribution in [0.3, 0.4) is 0 Å². The summed E-state index contributed by atoms with van der Waals surface area (Å²) < 4.78 is 23.1. The van der Waals surface area contributed by atoms with E-state index in [4.69, 9.17) is 13.3 Å². The van der Waals surface area contributed by atoms with Gasteiger partial charge in [0.25, 0.3) is 0 Å².